The van der Waals surface area contributed by atoms with Gasteiger partial charge in [-0.3, -0.25) is 0 Å². The van der Waals surface area contributed by atoms with Crippen LogP contribution in [0.5, 0.6) is 5.75 Å². The molecule has 1 fully saturated rings. The molecule has 0 spiro atoms. The first-order chi connectivity index (χ1) is 11.8. The van der Waals surface area contributed by atoms with Gasteiger partial charge in [0.2, 0.25) is 6.29 Å². The Morgan fingerprint density at radius 1 is 0.846 bits per heavy atom. The number of hydrogen-bond acceptors (Lipinski definition) is 6. The van der Waals surface area contributed by atoms with E-state index >= 15 is 0 Å². The maximum Gasteiger partial charge on any atom is 0.229 e. The van der Waals surface area contributed by atoms with Crippen LogP contribution in [-0.2, 0) is 15.6 Å². The molecule has 4 N–H and O–H groups in total. The fraction of sp³-hybridized carbons (Fsp3) is 0.700. The van der Waals surface area contributed by atoms with Crippen molar-refractivity contribution in [2.24, 2.45) is 0 Å². The lowest BCUT2D eigenvalue weighted by atomic mass is 9.80. The molecule has 1 aromatic rings. The topological polar surface area (TPSA) is 99.4 Å². The molecule has 0 amide bonds. The molecule has 1 saturated heterocycles. The zero-order chi connectivity index (χ0) is 19.9. The summed E-state index contributed by atoms with van der Waals surface area (Å²) >= 11 is 0. The van der Waals surface area contributed by atoms with Crippen LogP contribution in [0.15, 0.2) is 18.2 Å². The Labute approximate surface area is 155 Å². The van der Waals surface area contributed by atoms with Crippen LogP contribution in [0.2, 0.25) is 0 Å². The molecule has 0 bridgehead atoms. The molecule has 0 aromatic heterocycles. The lowest BCUT2D eigenvalue weighted by Crippen LogP contribution is -2.60. The lowest BCUT2D eigenvalue weighted by Gasteiger charge is -2.39. The third-order valence-corrected chi connectivity index (χ3v) is 4.74. The molecule has 1 aliphatic rings. The van der Waals surface area contributed by atoms with Crippen LogP contribution < -0.4 is 4.74 Å². The Bertz CT molecular complexity index is 581. The zero-order valence-corrected chi connectivity index (χ0v) is 16.4. The highest BCUT2D eigenvalue weighted by Crippen LogP contribution is 2.34. The third kappa shape index (κ3) is 4.56. The summed E-state index contributed by atoms with van der Waals surface area (Å²) in [5.41, 5.74) is 1.94. The Morgan fingerprint density at radius 2 is 1.35 bits per heavy atom. The first-order valence-corrected chi connectivity index (χ1v) is 8.98. The first kappa shape index (κ1) is 21.1. The summed E-state index contributed by atoms with van der Waals surface area (Å²) in [6.07, 6.45) is -6.47. The molecule has 5 atom stereocenters. The number of benzene rings is 1. The summed E-state index contributed by atoms with van der Waals surface area (Å²) in [6.45, 7) is 12.1. The number of ether oxygens (including phenoxy) is 2. The molecule has 1 aromatic carbocycles. The van der Waals surface area contributed by atoms with E-state index in [0.717, 1.165) is 11.1 Å². The van der Waals surface area contributed by atoms with Crippen LogP contribution in [0.3, 0.4) is 0 Å². The van der Waals surface area contributed by atoms with Crippen molar-refractivity contribution in [3.63, 3.8) is 0 Å². The molecule has 148 valence electrons. The van der Waals surface area contributed by atoms with E-state index in [1.165, 1.54) is 0 Å². The molecule has 5 unspecified atom stereocenters. The average Bonchev–Trinajstić information content (AvgIpc) is 2.53. The zero-order valence-electron chi connectivity index (χ0n) is 16.4. The minimum Gasteiger partial charge on any atom is -0.462 e. The Hall–Kier alpha value is -1.18. The highest BCUT2D eigenvalue weighted by molar-refractivity contribution is 5.40. The van der Waals surface area contributed by atoms with Crippen molar-refractivity contribution >= 4 is 0 Å². The Balaban J connectivity index is 2.36. The molecular formula is C20H32O6. The monoisotopic (exact) mass is 368 g/mol. The van der Waals surface area contributed by atoms with Gasteiger partial charge in [0.15, 0.2) is 0 Å². The highest BCUT2D eigenvalue weighted by Gasteiger charge is 2.44. The van der Waals surface area contributed by atoms with Gasteiger partial charge in [-0.05, 0) is 34.1 Å². The Kier molecular flexibility index (Phi) is 6.05. The van der Waals surface area contributed by atoms with E-state index in [9.17, 15) is 20.4 Å². The van der Waals surface area contributed by atoms with Gasteiger partial charge < -0.3 is 29.9 Å². The average molecular weight is 368 g/mol. The van der Waals surface area contributed by atoms with Gasteiger partial charge in [0, 0.05) is 0 Å². The van der Waals surface area contributed by atoms with Crippen LogP contribution in [0, 0.1) is 0 Å². The van der Waals surface area contributed by atoms with Gasteiger partial charge in [0.25, 0.3) is 0 Å². The van der Waals surface area contributed by atoms with Crippen molar-refractivity contribution in [2.75, 3.05) is 6.61 Å². The van der Waals surface area contributed by atoms with E-state index in [2.05, 4.69) is 47.6 Å². The van der Waals surface area contributed by atoms with Crippen molar-refractivity contribution < 1.29 is 29.9 Å². The van der Waals surface area contributed by atoms with Crippen molar-refractivity contribution in [1.29, 1.82) is 0 Å². The SMILES string of the molecule is CC(C)(C)c1cc(OC2OC(CO)C(O)C(O)C2O)cc(C(C)(C)C)c1. The van der Waals surface area contributed by atoms with Gasteiger partial charge in [0.05, 0.1) is 6.61 Å². The number of hydrogen-bond donors (Lipinski definition) is 4. The predicted octanol–water partition coefficient (Wildman–Crippen LogP) is 1.46. The second-order valence-corrected chi connectivity index (χ2v) is 9.06. The van der Waals surface area contributed by atoms with Gasteiger partial charge in [-0.25, -0.2) is 0 Å². The van der Waals surface area contributed by atoms with Gasteiger partial charge in [-0.2, -0.15) is 0 Å². The van der Waals surface area contributed by atoms with E-state index in [-0.39, 0.29) is 10.8 Å². The molecule has 0 saturated carbocycles. The van der Waals surface area contributed by atoms with E-state index < -0.39 is 37.3 Å². The fourth-order valence-electron chi connectivity index (χ4n) is 2.83. The molecule has 1 aliphatic heterocycles. The molecule has 6 heteroatoms. The quantitative estimate of drug-likeness (QED) is 0.645. The molecule has 26 heavy (non-hydrogen) atoms. The van der Waals surface area contributed by atoms with E-state index in [0.29, 0.717) is 5.75 Å². The number of aliphatic hydroxyl groups excluding tert-OH is 4. The second-order valence-electron chi connectivity index (χ2n) is 9.06. The van der Waals surface area contributed by atoms with Crippen LogP contribution in [-0.4, -0.2) is 57.7 Å². The van der Waals surface area contributed by atoms with Gasteiger partial charge in [-0.1, -0.05) is 47.6 Å². The number of aliphatic hydroxyl groups is 4. The molecule has 2 rings (SSSR count). The summed E-state index contributed by atoms with van der Waals surface area (Å²) in [7, 11) is 0. The normalized spacial score (nSPS) is 30.3. The van der Waals surface area contributed by atoms with Crippen molar-refractivity contribution in [1.82, 2.24) is 0 Å². The van der Waals surface area contributed by atoms with Crippen LogP contribution in [0.25, 0.3) is 0 Å². The van der Waals surface area contributed by atoms with Gasteiger partial charge in [-0.15, -0.1) is 0 Å². The predicted molar refractivity (Wildman–Crippen MR) is 98.2 cm³/mol. The molecule has 0 radical (unpaired) electrons. The van der Waals surface area contributed by atoms with Gasteiger partial charge >= 0.3 is 0 Å². The standard InChI is InChI=1S/C20H32O6/c1-19(2,3)11-7-12(20(4,5)6)9-13(8-11)25-18-17(24)16(23)15(22)14(10-21)26-18/h7-9,14-18,21-24H,10H2,1-6H3. The minimum atomic E-state index is -1.46. The Morgan fingerprint density at radius 3 is 1.77 bits per heavy atom. The third-order valence-electron chi connectivity index (χ3n) is 4.74. The fourth-order valence-corrected chi connectivity index (χ4v) is 2.83. The highest BCUT2D eigenvalue weighted by atomic mass is 16.7. The van der Waals surface area contributed by atoms with Crippen molar-refractivity contribution in [3.8, 4) is 5.75 Å². The van der Waals surface area contributed by atoms with Crippen molar-refractivity contribution in [3.05, 3.63) is 29.3 Å². The van der Waals surface area contributed by atoms with Gasteiger partial charge in [0.1, 0.15) is 30.2 Å². The summed E-state index contributed by atoms with van der Waals surface area (Å²) in [4.78, 5) is 0. The van der Waals surface area contributed by atoms with Crippen LogP contribution >= 0.6 is 0 Å². The van der Waals surface area contributed by atoms with E-state index in [1.807, 2.05) is 12.1 Å². The summed E-state index contributed by atoms with van der Waals surface area (Å²) < 4.78 is 11.3. The lowest BCUT2D eigenvalue weighted by molar-refractivity contribution is -0.277. The largest absolute Gasteiger partial charge is 0.462 e. The summed E-state index contributed by atoms with van der Waals surface area (Å²) in [5, 5.41) is 39.4. The number of rotatable bonds is 3. The maximum atomic E-state index is 10.2. The maximum absolute atomic E-state index is 10.2. The van der Waals surface area contributed by atoms with E-state index in [1.54, 1.807) is 0 Å². The molecule has 1 heterocycles. The van der Waals surface area contributed by atoms with Crippen LogP contribution in [0.1, 0.15) is 52.7 Å². The minimum absolute atomic E-state index is 0.102. The van der Waals surface area contributed by atoms with E-state index in [4.69, 9.17) is 9.47 Å². The second kappa shape index (κ2) is 7.44. The molecule has 0 aliphatic carbocycles. The smallest absolute Gasteiger partial charge is 0.229 e. The first-order valence-electron chi connectivity index (χ1n) is 8.98. The molecular weight excluding hydrogens is 336 g/mol. The van der Waals surface area contributed by atoms with Crippen molar-refractivity contribution in [2.45, 2.75) is 83.1 Å². The van der Waals surface area contributed by atoms with Crippen LogP contribution in [0.4, 0.5) is 0 Å². The molecule has 6 nitrogen and oxygen atoms in total. The summed E-state index contributed by atoms with van der Waals surface area (Å²) in [6, 6.07) is 5.91. The summed E-state index contributed by atoms with van der Waals surface area (Å²) in [5.74, 6) is 0.506.